The van der Waals surface area contributed by atoms with Gasteiger partial charge in [0.25, 0.3) is 0 Å². The van der Waals surface area contributed by atoms with Gasteiger partial charge < -0.3 is 55.3 Å². The Balaban J connectivity index is 1.97. The molecule has 0 radical (unpaired) electrons. The van der Waals surface area contributed by atoms with Crippen molar-refractivity contribution >= 4 is 81.3 Å². The van der Waals surface area contributed by atoms with Crippen LogP contribution in [0.3, 0.4) is 0 Å². The monoisotopic (exact) mass is 1100 g/mol. The predicted octanol–water partition coefficient (Wildman–Crippen LogP) is 3.89. The van der Waals surface area contributed by atoms with Gasteiger partial charge in [-0.05, 0) is 93.0 Å². The van der Waals surface area contributed by atoms with Crippen molar-refractivity contribution in [3.63, 3.8) is 0 Å². The molecule has 3 aromatic rings. The number of rotatable bonds is 40. The maximum Gasteiger partial charge on any atom is 0.224 e. The largest absolute Gasteiger partial charge is 0.370 e. The summed E-state index contributed by atoms with van der Waals surface area (Å²) in [5, 5.41) is 9.64. The third kappa shape index (κ3) is 23.2. The number of aromatic nitrogens is 1. The molecule has 0 aliphatic heterocycles. The van der Waals surface area contributed by atoms with Crippen molar-refractivity contribution in [2.45, 2.75) is 142 Å². The molecule has 0 spiro atoms. The fraction of sp³-hybridized carbons (Fsp3) is 0.579. The second kappa shape index (κ2) is 35.0. The average molecular weight is 1100 g/mol. The lowest BCUT2D eigenvalue weighted by molar-refractivity contribution is -0.136. The van der Waals surface area contributed by atoms with E-state index in [-0.39, 0.29) is 99.7 Å². The summed E-state index contributed by atoms with van der Waals surface area (Å²) in [5.74, 6) is -7.16. The molecule has 3 rings (SSSR count). The van der Waals surface area contributed by atoms with E-state index in [0.29, 0.717) is 57.4 Å². The van der Waals surface area contributed by atoms with Gasteiger partial charge in [-0.25, -0.2) is 0 Å². The number of amides is 4. The van der Waals surface area contributed by atoms with Gasteiger partial charge in [-0.2, -0.15) is 11.8 Å². The van der Waals surface area contributed by atoms with E-state index in [1.165, 1.54) is 11.8 Å². The van der Waals surface area contributed by atoms with Gasteiger partial charge in [0.15, 0.2) is 29.3 Å². The Morgan fingerprint density at radius 3 is 1.73 bits per heavy atom. The normalized spacial score (nSPS) is 14.7. The number of unbranched alkanes of at least 4 members (excludes halogenated alkanes) is 1. The summed E-state index contributed by atoms with van der Waals surface area (Å²) in [6.45, 7) is 8.03. The summed E-state index contributed by atoms with van der Waals surface area (Å²) in [5.41, 5.74) is 36.0. The molecule has 0 aliphatic rings. The zero-order valence-corrected chi connectivity index (χ0v) is 47.3. The lowest BCUT2D eigenvalue weighted by Gasteiger charge is -2.27. The number of carbonyl (C=O) groups is 8. The van der Waals surface area contributed by atoms with Gasteiger partial charge in [-0.1, -0.05) is 89.1 Å². The number of H-pyrrole nitrogens is 1. The Morgan fingerprint density at radius 1 is 0.590 bits per heavy atom. The van der Waals surface area contributed by atoms with E-state index < -0.39 is 77.0 Å². The number of para-hydroxylation sites is 1. The van der Waals surface area contributed by atoms with Gasteiger partial charge >= 0.3 is 0 Å². The number of Topliss-reactive ketones (excluding diaryl/α,β-unsaturated/α-hetero) is 4. The maximum absolute atomic E-state index is 14.9. The zero-order valence-electron chi connectivity index (χ0n) is 46.4. The SMILES string of the molecule is CC[C@H](C)[C@H](CC(=O)[C@H](Cc1ccccc1)NC(=O)[C@H](CCSC)CC(=O)[C@H](Cc1c[nH]c2ccccc12)NC(=O)[C@H](CCCCN)CC(=O)[C@H](CCCN=C(N)N)NC(=O)[C@H](C)CC(=O)[C@@H](C)CCCN=C(N)N)C(N)=O. The van der Waals surface area contributed by atoms with E-state index in [1.807, 2.05) is 74.7 Å². The van der Waals surface area contributed by atoms with Crippen LogP contribution in [0.25, 0.3) is 10.9 Å². The number of primary amides is 1. The maximum atomic E-state index is 14.9. The summed E-state index contributed by atoms with van der Waals surface area (Å²) in [7, 11) is 0. The van der Waals surface area contributed by atoms with Crippen LogP contribution in [0.5, 0.6) is 0 Å². The second-order valence-electron chi connectivity index (χ2n) is 20.7. The van der Waals surface area contributed by atoms with E-state index in [1.54, 1.807) is 20.0 Å². The first kappa shape index (κ1) is 65.7. The van der Waals surface area contributed by atoms with Gasteiger partial charge in [-0.15, -0.1) is 0 Å². The van der Waals surface area contributed by atoms with Crippen LogP contribution in [0, 0.1) is 35.5 Å². The van der Waals surface area contributed by atoms with Crippen LogP contribution >= 0.6 is 11.8 Å². The van der Waals surface area contributed by atoms with E-state index >= 15 is 0 Å². The molecular formula is C57H88N12O8S. The van der Waals surface area contributed by atoms with Crippen LogP contribution in [0.1, 0.15) is 122 Å². The number of ketones is 4. The first-order chi connectivity index (χ1) is 37.2. The molecule has 16 N–H and O–H groups in total. The van der Waals surface area contributed by atoms with Crippen LogP contribution in [0.4, 0.5) is 0 Å². The first-order valence-corrected chi connectivity index (χ1v) is 28.8. The number of nitrogens with zero attached hydrogens (tertiary/aromatic N) is 2. The number of guanidine groups is 2. The molecule has 0 aliphatic carbocycles. The molecule has 21 heteroatoms. The Morgan fingerprint density at radius 2 is 1.14 bits per heavy atom. The number of nitrogens with two attached hydrogens (primary N) is 6. The van der Waals surface area contributed by atoms with E-state index in [2.05, 4.69) is 30.9 Å². The number of hydrogen-bond donors (Lipinski definition) is 10. The average Bonchev–Trinajstić information content (AvgIpc) is 3.83. The van der Waals surface area contributed by atoms with Gasteiger partial charge in [0.1, 0.15) is 5.78 Å². The quantitative estimate of drug-likeness (QED) is 0.0220. The molecule has 1 heterocycles. The van der Waals surface area contributed by atoms with Crippen molar-refractivity contribution in [3.8, 4) is 0 Å². The molecule has 0 saturated heterocycles. The first-order valence-electron chi connectivity index (χ1n) is 27.4. The number of fused-ring (bicyclic) bond motifs is 1. The van der Waals surface area contributed by atoms with Gasteiger partial charge in [0, 0.05) is 91.9 Å². The van der Waals surface area contributed by atoms with Gasteiger partial charge in [-0.3, -0.25) is 48.3 Å². The molecule has 0 fully saturated rings. The van der Waals surface area contributed by atoms with Crippen molar-refractivity contribution < 1.29 is 38.4 Å². The number of carbonyl (C=O) groups excluding carboxylic acids is 8. The number of aliphatic imine (C=N–C) groups is 2. The summed E-state index contributed by atoms with van der Waals surface area (Å²) in [6.07, 6.45) is 6.68. The van der Waals surface area contributed by atoms with Crippen LogP contribution in [0.2, 0.25) is 0 Å². The summed E-state index contributed by atoms with van der Waals surface area (Å²) in [6, 6.07) is 13.5. The highest BCUT2D eigenvalue weighted by Crippen LogP contribution is 2.25. The van der Waals surface area contributed by atoms with Gasteiger partial charge in [0.05, 0.1) is 18.1 Å². The molecule has 78 heavy (non-hydrogen) atoms. The molecule has 9 atom stereocenters. The number of benzene rings is 2. The zero-order chi connectivity index (χ0) is 57.7. The topological polar surface area (TPSA) is 369 Å². The summed E-state index contributed by atoms with van der Waals surface area (Å²) in [4.78, 5) is 124. The fourth-order valence-electron chi connectivity index (χ4n) is 9.38. The van der Waals surface area contributed by atoms with Crippen molar-refractivity contribution in [1.82, 2.24) is 20.9 Å². The number of hydrogen-bond acceptors (Lipinski definition) is 12. The van der Waals surface area contributed by atoms with Crippen LogP contribution in [-0.4, -0.2) is 113 Å². The second-order valence-corrected chi connectivity index (χ2v) is 21.7. The molecule has 20 nitrogen and oxygen atoms in total. The third-order valence-corrected chi connectivity index (χ3v) is 15.1. The molecule has 2 aromatic carbocycles. The number of nitrogens with one attached hydrogen (secondary N) is 4. The van der Waals surface area contributed by atoms with Crippen LogP contribution < -0.4 is 50.4 Å². The molecule has 0 saturated carbocycles. The highest BCUT2D eigenvalue weighted by Gasteiger charge is 2.35. The highest BCUT2D eigenvalue weighted by atomic mass is 32.2. The third-order valence-electron chi connectivity index (χ3n) is 14.5. The molecule has 0 unspecified atom stereocenters. The Hall–Kier alpha value is -6.61. The smallest absolute Gasteiger partial charge is 0.224 e. The van der Waals surface area contributed by atoms with E-state index in [0.717, 1.165) is 22.0 Å². The minimum absolute atomic E-state index is 0.0360. The standard InChI is InChI=1S/C57H88N12O8S/c1-6-35(2)43(52(59)74)33-51(73)46(29-38-17-8-7-9-18-38)68-55(77)40(23-27-78-5)32-50(72)47(30-41-34-66-44-21-11-10-20-42(41)44)69-54(76)39(19-12-13-24-58)31-49(71)45(22-15-26-65-57(62)63)67-53(75)37(4)28-48(70)36(3)16-14-25-64-56(60)61/h7-11,17-18,20-21,34-37,39-40,43,45-47,66H,6,12-16,19,22-33,58H2,1-5H3,(H2,59,74)(H,67,75)(H,68,77)(H,69,76)(H4,60,61,64)(H4,62,63,65)/t35-,36-,37+,39+,40+,43-,45-,46-,47-/m0/s1. The Kier molecular flexibility index (Phi) is 29.5. The van der Waals surface area contributed by atoms with Crippen molar-refractivity contribution in [2.75, 3.05) is 31.6 Å². The van der Waals surface area contributed by atoms with E-state index in [9.17, 15) is 38.4 Å². The Bertz CT molecular complexity index is 2480. The summed E-state index contributed by atoms with van der Waals surface area (Å²) >= 11 is 1.49. The minimum atomic E-state index is -1.16. The summed E-state index contributed by atoms with van der Waals surface area (Å²) < 4.78 is 0. The van der Waals surface area contributed by atoms with Crippen molar-refractivity contribution in [2.24, 2.45) is 79.9 Å². The fourth-order valence-corrected chi connectivity index (χ4v) is 9.90. The number of aromatic amines is 1. The lowest BCUT2D eigenvalue weighted by atomic mass is 9.84. The molecule has 0 bridgehead atoms. The molecular weight excluding hydrogens is 1010 g/mol. The predicted molar refractivity (Wildman–Crippen MR) is 310 cm³/mol. The molecule has 4 amide bonds. The van der Waals surface area contributed by atoms with Crippen LogP contribution in [0.15, 0.2) is 70.8 Å². The minimum Gasteiger partial charge on any atom is -0.370 e. The Labute approximate surface area is 464 Å². The van der Waals surface area contributed by atoms with Crippen molar-refractivity contribution in [1.29, 1.82) is 0 Å². The lowest BCUT2D eigenvalue weighted by Crippen LogP contribution is -2.49. The van der Waals surface area contributed by atoms with E-state index in [4.69, 9.17) is 34.4 Å². The van der Waals surface area contributed by atoms with Crippen LogP contribution in [-0.2, 0) is 51.2 Å². The highest BCUT2D eigenvalue weighted by molar-refractivity contribution is 7.98. The molecule has 1 aromatic heterocycles. The number of thioether (sulfide) groups is 1. The molecule has 430 valence electrons. The van der Waals surface area contributed by atoms with Crippen molar-refractivity contribution in [3.05, 3.63) is 71.9 Å². The van der Waals surface area contributed by atoms with Gasteiger partial charge in [0.2, 0.25) is 23.6 Å².